The second-order valence-corrected chi connectivity index (χ2v) is 12.5. The van der Waals surface area contributed by atoms with Crippen molar-refractivity contribution in [3.8, 4) is 34.6 Å². The molecule has 0 saturated carbocycles. The highest BCUT2D eigenvalue weighted by Crippen LogP contribution is 2.41. The minimum atomic E-state index is 0.313. The summed E-state index contributed by atoms with van der Waals surface area (Å²) in [6.07, 6.45) is 3.63. The fraction of sp³-hybridized carbons (Fsp3) is 0. The number of hydrogen-bond donors (Lipinski definition) is 0. The molecule has 0 fully saturated rings. The Morgan fingerprint density at radius 1 is 0.480 bits per heavy atom. The van der Waals surface area contributed by atoms with Crippen LogP contribution in [0.15, 0.2) is 146 Å². The molecule has 0 aliphatic rings. The smallest absolute Gasteiger partial charge is 0.145 e. The fourth-order valence-corrected chi connectivity index (χ4v) is 7.73. The van der Waals surface area contributed by atoms with Gasteiger partial charge in [0.25, 0.3) is 0 Å². The Morgan fingerprint density at radius 2 is 1.04 bits per heavy atom. The number of aromatic nitrogens is 4. The van der Waals surface area contributed by atoms with Gasteiger partial charge in [-0.05, 0) is 87.8 Å². The molecule has 0 N–H and O–H groups in total. The third kappa shape index (κ3) is 3.88. The van der Waals surface area contributed by atoms with E-state index >= 15 is 0 Å². The van der Waals surface area contributed by atoms with Gasteiger partial charge in [-0.2, -0.15) is 10.5 Å². The molecule has 230 valence electrons. The maximum Gasteiger partial charge on any atom is 0.145 e. The Bertz CT molecular complexity index is 3130. The third-order valence-corrected chi connectivity index (χ3v) is 9.86. The Morgan fingerprint density at radius 3 is 1.68 bits per heavy atom. The van der Waals surface area contributed by atoms with Gasteiger partial charge in [0.05, 0.1) is 27.8 Å². The van der Waals surface area contributed by atoms with Crippen molar-refractivity contribution in [3.63, 3.8) is 0 Å². The molecule has 0 aliphatic heterocycles. The summed E-state index contributed by atoms with van der Waals surface area (Å²) < 4.78 is 4.35. The Hall–Kier alpha value is -7.28. The molecule has 10 rings (SSSR count). The van der Waals surface area contributed by atoms with Crippen LogP contribution < -0.4 is 0 Å². The lowest BCUT2D eigenvalue weighted by molar-refractivity contribution is 1.13. The van der Waals surface area contributed by atoms with E-state index in [0.717, 1.165) is 77.1 Å². The molecule has 0 saturated heterocycles. The van der Waals surface area contributed by atoms with E-state index in [1.165, 1.54) is 10.8 Å². The molecular weight excluding hydrogens is 613 g/mol. The largest absolute Gasteiger partial charge is 0.294 e. The van der Waals surface area contributed by atoms with Gasteiger partial charge in [-0.15, -0.1) is 0 Å². The highest BCUT2D eigenvalue weighted by Gasteiger charge is 2.22. The van der Waals surface area contributed by atoms with E-state index in [2.05, 4.69) is 118 Å². The molecule has 0 spiro atoms. The Labute approximate surface area is 285 Å². The van der Waals surface area contributed by atoms with Gasteiger partial charge in [-0.1, -0.05) is 72.8 Å². The zero-order valence-electron chi connectivity index (χ0n) is 26.5. The predicted molar refractivity (Wildman–Crippen MR) is 201 cm³/mol. The summed E-state index contributed by atoms with van der Waals surface area (Å²) in [5, 5.41) is 29.4. The number of rotatable bonds is 3. The minimum absolute atomic E-state index is 0.313. The first-order valence-corrected chi connectivity index (χ1v) is 16.4. The lowest BCUT2D eigenvalue weighted by atomic mass is 9.97. The highest BCUT2D eigenvalue weighted by molar-refractivity contribution is 6.22. The summed E-state index contributed by atoms with van der Waals surface area (Å²) in [6, 6.07) is 50.1. The van der Waals surface area contributed by atoms with E-state index in [9.17, 15) is 10.5 Å². The quantitative estimate of drug-likeness (QED) is 0.193. The molecule has 6 nitrogen and oxygen atoms in total. The monoisotopic (exact) mass is 636 g/mol. The van der Waals surface area contributed by atoms with Crippen molar-refractivity contribution in [2.45, 2.75) is 0 Å². The first-order chi connectivity index (χ1) is 24.7. The predicted octanol–water partition coefficient (Wildman–Crippen LogP) is 10.4. The zero-order valence-corrected chi connectivity index (χ0v) is 26.5. The number of pyridine rings is 2. The van der Waals surface area contributed by atoms with Crippen molar-refractivity contribution in [2.75, 3.05) is 0 Å². The van der Waals surface area contributed by atoms with Crippen LogP contribution in [0.5, 0.6) is 0 Å². The summed E-state index contributed by atoms with van der Waals surface area (Å²) in [6.45, 7) is 0. The van der Waals surface area contributed by atoms with E-state index in [1.54, 1.807) is 6.20 Å². The molecule has 0 radical (unpaired) electrons. The number of benzene rings is 6. The van der Waals surface area contributed by atoms with Crippen molar-refractivity contribution in [1.82, 2.24) is 19.1 Å². The molecular formula is C44H24N6. The topological polar surface area (TPSA) is 83.2 Å². The molecule has 4 aromatic heterocycles. The van der Waals surface area contributed by atoms with Crippen LogP contribution >= 0.6 is 0 Å². The highest BCUT2D eigenvalue weighted by atomic mass is 15.1. The van der Waals surface area contributed by atoms with E-state index < -0.39 is 0 Å². The minimum Gasteiger partial charge on any atom is -0.294 e. The van der Waals surface area contributed by atoms with Crippen LogP contribution in [0.3, 0.4) is 0 Å². The van der Waals surface area contributed by atoms with Crippen LogP contribution in [0.1, 0.15) is 11.1 Å². The van der Waals surface area contributed by atoms with Gasteiger partial charge in [-0.3, -0.25) is 9.13 Å². The maximum absolute atomic E-state index is 10.2. The van der Waals surface area contributed by atoms with Gasteiger partial charge in [-0.25, -0.2) is 9.97 Å². The van der Waals surface area contributed by atoms with Gasteiger partial charge in [0.15, 0.2) is 0 Å². The van der Waals surface area contributed by atoms with Crippen LogP contribution in [0.25, 0.3) is 87.9 Å². The molecule has 0 aliphatic carbocycles. The molecule has 6 aromatic carbocycles. The first kappa shape index (κ1) is 27.8. The number of fused-ring (bicyclic) bond motifs is 10. The first-order valence-electron chi connectivity index (χ1n) is 16.4. The molecule has 0 amide bonds. The normalized spacial score (nSPS) is 11.6. The number of nitrogens with zero attached hydrogens (tertiary/aromatic N) is 6. The van der Waals surface area contributed by atoms with Crippen LogP contribution in [0.2, 0.25) is 0 Å². The van der Waals surface area contributed by atoms with Crippen LogP contribution in [0, 0.1) is 22.7 Å². The lowest BCUT2D eigenvalue weighted by Crippen LogP contribution is -2.02. The van der Waals surface area contributed by atoms with Gasteiger partial charge in [0, 0.05) is 45.2 Å². The molecule has 0 bridgehead atoms. The standard InChI is InChI=1S/C44H24N6/c45-25-30-23-37(40(24-31(30)26-46)50-39-19-17-28-9-2-4-13-34(28)42(39)36-15-7-21-48-44(36)50)29-10-5-11-32(22-29)49-38-18-16-27-8-1-3-12-33(27)41(38)35-14-6-20-47-43(35)49/h1-24H. The van der Waals surface area contributed by atoms with Gasteiger partial charge >= 0.3 is 0 Å². The van der Waals surface area contributed by atoms with Crippen molar-refractivity contribution < 1.29 is 0 Å². The molecule has 10 aromatic rings. The van der Waals surface area contributed by atoms with Gasteiger partial charge in [0.2, 0.25) is 0 Å². The number of hydrogen-bond acceptors (Lipinski definition) is 4. The van der Waals surface area contributed by atoms with E-state index in [0.29, 0.717) is 11.1 Å². The van der Waals surface area contributed by atoms with Crippen molar-refractivity contribution >= 4 is 65.4 Å². The molecule has 0 atom stereocenters. The average Bonchev–Trinajstić information content (AvgIpc) is 3.71. The van der Waals surface area contributed by atoms with Gasteiger partial charge in [0.1, 0.15) is 23.4 Å². The van der Waals surface area contributed by atoms with E-state index in [4.69, 9.17) is 9.97 Å². The second-order valence-electron chi connectivity index (χ2n) is 12.5. The molecule has 4 heterocycles. The van der Waals surface area contributed by atoms with E-state index in [-0.39, 0.29) is 0 Å². The SMILES string of the molecule is N#Cc1cc(-c2cccc(-n3c4ccc5ccccc5c4c4cccnc43)c2)c(-n2c3ccc4ccccc4c3c3cccnc32)cc1C#N. The maximum atomic E-state index is 10.2. The molecule has 0 unspecified atom stereocenters. The fourth-order valence-electron chi connectivity index (χ4n) is 7.73. The average molecular weight is 637 g/mol. The third-order valence-electron chi connectivity index (χ3n) is 9.86. The number of nitriles is 2. The van der Waals surface area contributed by atoms with Crippen molar-refractivity contribution in [1.29, 1.82) is 10.5 Å². The van der Waals surface area contributed by atoms with Crippen LogP contribution in [-0.4, -0.2) is 19.1 Å². The van der Waals surface area contributed by atoms with E-state index in [1.807, 2.05) is 42.6 Å². The summed E-state index contributed by atoms with van der Waals surface area (Å²) in [7, 11) is 0. The van der Waals surface area contributed by atoms with Gasteiger partial charge < -0.3 is 0 Å². The summed E-state index contributed by atoms with van der Waals surface area (Å²) in [5.41, 5.74) is 7.75. The van der Waals surface area contributed by atoms with Crippen LogP contribution in [-0.2, 0) is 0 Å². The van der Waals surface area contributed by atoms with Crippen LogP contribution in [0.4, 0.5) is 0 Å². The summed E-state index contributed by atoms with van der Waals surface area (Å²) in [4.78, 5) is 9.77. The lowest BCUT2D eigenvalue weighted by Gasteiger charge is -2.16. The van der Waals surface area contributed by atoms with Crippen molar-refractivity contribution in [3.05, 3.63) is 157 Å². The summed E-state index contributed by atoms with van der Waals surface area (Å²) >= 11 is 0. The Kier molecular flexibility index (Phi) is 5.90. The summed E-state index contributed by atoms with van der Waals surface area (Å²) in [5.74, 6) is 0. The second kappa shape index (κ2) is 10.6. The molecule has 50 heavy (non-hydrogen) atoms. The Balaban J connectivity index is 1.28. The van der Waals surface area contributed by atoms with Crippen molar-refractivity contribution in [2.24, 2.45) is 0 Å². The molecule has 6 heteroatoms. The zero-order chi connectivity index (χ0) is 33.3.